The summed E-state index contributed by atoms with van der Waals surface area (Å²) in [5, 5.41) is 8.83. The first kappa shape index (κ1) is 20.4. The van der Waals surface area contributed by atoms with Crippen LogP contribution in [0.3, 0.4) is 0 Å². The smallest absolute Gasteiger partial charge is 0.323 e. The average Bonchev–Trinajstić information content (AvgIpc) is 3.01. The summed E-state index contributed by atoms with van der Waals surface area (Å²) >= 11 is 4.64. The highest BCUT2D eigenvalue weighted by Crippen LogP contribution is 2.15. The first-order valence-corrected chi connectivity index (χ1v) is 8.76. The summed E-state index contributed by atoms with van der Waals surface area (Å²) in [4.78, 5) is 31.3. The molecule has 0 aromatic carbocycles. The lowest BCUT2D eigenvalue weighted by atomic mass is 10.0. The second-order valence-corrected chi connectivity index (χ2v) is 5.94. The molecule has 1 fully saturated rings. The fourth-order valence-corrected chi connectivity index (χ4v) is 2.87. The Morgan fingerprint density at radius 3 is 2.50 bits per heavy atom. The molecule has 1 aromatic heterocycles. The molecule has 1 aromatic rings. The van der Waals surface area contributed by atoms with E-state index in [1.165, 1.54) is 6.38 Å². The molecule has 0 saturated carbocycles. The van der Waals surface area contributed by atoms with Crippen molar-refractivity contribution in [2.75, 3.05) is 33.6 Å². The van der Waals surface area contributed by atoms with Crippen molar-refractivity contribution in [2.45, 2.75) is 38.3 Å². The molecule has 1 amide bonds. The summed E-state index contributed by atoms with van der Waals surface area (Å²) in [6.07, 6.45) is 7.55. The van der Waals surface area contributed by atoms with Crippen molar-refractivity contribution >= 4 is 23.5 Å². The van der Waals surface area contributed by atoms with Crippen LogP contribution in [0, 0.1) is 0 Å². The molecule has 2 rings (SSSR count). The van der Waals surface area contributed by atoms with E-state index in [1.807, 2.05) is 4.90 Å². The molecule has 2 heterocycles. The Morgan fingerprint density at radius 1 is 1.33 bits per heavy atom. The topological polar surface area (TPSA) is 78.7 Å². The molecule has 0 spiro atoms. The van der Waals surface area contributed by atoms with E-state index in [1.54, 1.807) is 17.0 Å². The molecule has 0 bridgehead atoms. The zero-order chi connectivity index (χ0) is 18.1. The van der Waals surface area contributed by atoms with Crippen molar-refractivity contribution in [1.82, 2.24) is 19.4 Å². The number of hydrogen-bond acceptors (Lipinski definition) is 4. The van der Waals surface area contributed by atoms with Gasteiger partial charge in [0.25, 0.3) is 0 Å². The predicted octanol–water partition coefficient (Wildman–Crippen LogP) is 1.31. The van der Waals surface area contributed by atoms with E-state index in [0.29, 0.717) is 24.7 Å². The SMILES string of the molecule is CCl.CN(C)C1CCN(C(=O)CCc2nccn2CC(=O)O)CC1. The first-order valence-electron chi connectivity index (χ1n) is 8.01. The Morgan fingerprint density at radius 2 is 1.96 bits per heavy atom. The number of nitrogens with zero attached hydrogens (tertiary/aromatic N) is 4. The van der Waals surface area contributed by atoms with Crippen molar-refractivity contribution in [3.8, 4) is 0 Å². The van der Waals surface area contributed by atoms with Crippen LogP contribution >= 0.6 is 11.6 Å². The minimum Gasteiger partial charge on any atom is -0.480 e. The molecule has 1 aliphatic heterocycles. The third kappa shape index (κ3) is 6.13. The first-order chi connectivity index (χ1) is 11.5. The Balaban J connectivity index is 0.00000139. The van der Waals surface area contributed by atoms with Gasteiger partial charge in [0.05, 0.1) is 0 Å². The van der Waals surface area contributed by atoms with Gasteiger partial charge in [0.15, 0.2) is 0 Å². The monoisotopic (exact) mass is 358 g/mol. The highest BCUT2D eigenvalue weighted by atomic mass is 35.5. The quantitative estimate of drug-likeness (QED) is 0.776. The number of aliphatic carboxylic acids is 1. The Labute approximate surface area is 148 Å². The van der Waals surface area contributed by atoms with E-state index in [9.17, 15) is 9.59 Å². The van der Waals surface area contributed by atoms with Crippen LogP contribution in [0.15, 0.2) is 12.4 Å². The lowest BCUT2D eigenvalue weighted by Gasteiger charge is -2.35. The number of carboxylic acids is 1. The molecule has 0 aliphatic carbocycles. The van der Waals surface area contributed by atoms with Gasteiger partial charge < -0.3 is 19.5 Å². The fraction of sp³-hybridized carbons (Fsp3) is 0.688. The van der Waals surface area contributed by atoms with Crippen LogP contribution in [0.25, 0.3) is 0 Å². The summed E-state index contributed by atoms with van der Waals surface area (Å²) in [5.41, 5.74) is 0. The van der Waals surface area contributed by atoms with Crippen LogP contribution in [0.4, 0.5) is 0 Å². The number of aryl methyl sites for hydroxylation is 1. The van der Waals surface area contributed by atoms with Crippen molar-refractivity contribution in [3.63, 3.8) is 0 Å². The number of carbonyl (C=O) groups is 2. The number of halogens is 1. The lowest BCUT2D eigenvalue weighted by molar-refractivity contribution is -0.137. The molecule has 1 saturated heterocycles. The van der Waals surface area contributed by atoms with Gasteiger partial charge in [-0.3, -0.25) is 9.59 Å². The molecule has 1 N–H and O–H groups in total. The maximum Gasteiger partial charge on any atom is 0.323 e. The number of aromatic nitrogens is 2. The zero-order valence-corrected chi connectivity index (χ0v) is 15.4. The van der Waals surface area contributed by atoms with E-state index < -0.39 is 5.97 Å². The van der Waals surface area contributed by atoms with Crippen molar-refractivity contribution in [2.24, 2.45) is 0 Å². The van der Waals surface area contributed by atoms with Gasteiger partial charge >= 0.3 is 5.97 Å². The van der Waals surface area contributed by atoms with E-state index in [0.717, 1.165) is 25.9 Å². The summed E-state index contributed by atoms with van der Waals surface area (Å²) in [7, 11) is 4.15. The zero-order valence-electron chi connectivity index (χ0n) is 14.6. The molecule has 8 heteroatoms. The third-order valence-corrected chi connectivity index (χ3v) is 4.22. The number of carboxylic acid groups (broad SMARTS) is 1. The molecule has 0 radical (unpaired) electrons. The van der Waals surface area contributed by atoms with Crippen molar-refractivity contribution in [3.05, 3.63) is 18.2 Å². The summed E-state index contributed by atoms with van der Waals surface area (Å²) in [6, 6.07) is 0.554. The van der Waals surface area contributed by atoms with Gasteiger partial charge in [-0.05, 0) is 26.9 Å². The van der Waals surface area contributed by atoms with Crippen LogP contribution in [0.2, 0.25) is 0 Å². The molecule has 1 aliphatic rings. The van der Waals surface area contributed by atoms with Gasteiger partial charge in [-0.1, -0.05) is 0 Å². The Bertz CT molecular complexity index is 525. The fourth-order valence-electron chi connectivity index (χ4n) is 2.87. The van der Waals surface area contributed by atoms with Gasteiger partial charge in [0, 0.05) is 50.7 Å². The minimum absolute atomic E-state index is 0.113. The number of likely N-dealkylation sites (tertiary alicyclic amines) is 1. The Kier molecular flexibility index (Phi) is 8.78. The predicted molar refractivity (Wildman–Crippen MR) is 93.2 cm³/mol. The number of imidazole rings is 1. The van der Waals surface area contributed by atoms with Crippen LogP contribution in [0.5, 0.6) is 0 Å². The number of hydrogen-bond donors (Lipinski definition) is 1. The van der Waals surface area contributed by atoms with Gasteiger partial charge in [-0.25, -0.2) is 4.98 Å². The van der Waals surface area contributed by atoms with E-state index in [-0.39, 0.29) is 12.5 Å². The van der Waals surface area contributed by atoms with Crippen LogP contribution in [0.1, 0.15) is 25.1 Å². The number of amides is 1. The molecule has 7 nitrogen and oxygen atoms in total. The van der Waals surface area contributed by atoms with Crippen LogP contribution in [-0.2, 0) is 22.6 Å². The molecule has 24 heavy (non-hydrogen) atoms. The summed E-state index contributed by atoms with van der Waals surface area (Å²) < 4.78 is 1.58. The number of carbonyl (C=O) groups excluding carboxylic acids is 1. The van der Waals surface area contributed by atoms with E-state index >= 15 is 0 Å². The van der Waals surface area contributed by atoms with E-state index in [4.69, 9.17) is 5.11 Å². The molecule has 0 atom stereocenters. The highest BCUT2D eigenvalue weighted by molar-refractivity contribution is 6.15. The maximum absolute atomic E-state index is 12.3. The molecular formula is C16H27ClN4O3. The number of alkyl halides is 1. The van der Waals surface area contributed by atoms with Gasteiger partial charge in [0.2, 0.25) is 5.91 Å². The number of rotatable bonds is 6. The van der Waals surface area contributed by atoms with Crippen LogP contribution < -0.4 is 0 Å². The van der Waals surface area contributed by atoms with Crippen LogP contribution in [-0.4, -0.2) is 75.9 Å². The second-order valence-electron chi connectivity index (χ2n) is 5.94. The van der Waals surface area contributed by atoms with Gasteiger partial charge in [0.1, 0.15) is 12.4 Å². The van der Waals surface area contributed by atoms with Crippen molar-refractivity contribution < 1.29 is 14.7 Å². The molecular weight excluding hydrogens is 332 g/mol. The highest BCUT2D eigenvalue weighted by Gasteiger charge is 2.23. The minimum atomic E-state index is -0.906. The summed E-state index contributed by atoms with van der Waals surface area (Å²) in [6.45, 7) is 1.48. The average molecular weight is 359 g/mol. The van der Waals surface area contributed by atoms with Gasteiger partial charge in [-0.15, -0.1) is 11.6 Å². The van der Waals surface area contributed by atoms with E-state index in [2.05, 4.69) is 35.6 Å². The maximum atomic E-state index is 12.3. The largest absolute Gasteiger partial charge is 0.480 e. The van der Waals surface area contributed by atoms with Crippen molar-refractivity contribution in [1.29, 1.82) is 0 Å². The molecule has 0 unspecified atom stereocenters. The number of piperidine rings is 1. The summed E-state index contributed by atoms with van der Waals surface area (Å²) in [5.74, 6) is -0.127. The molecule has 136 valence electrons. The standard InChI is InChI=1S/C15H24N4O3.CH3Cl/c1-17(2)12-5-8-18(9-6-12)14(20)4-3-13-16-7-10-19(13)11-15(21)22;1-2/h7,10,12H,3-6,8-9,11H2,1-2H3,(H,21,22);1H3. The van der Waals surface area contributed by atoms with Gasteiger partial charge in [-0.2, -0.15) is 0 Å². The Hall–Kier alpha value is -1.60. The lowest BCUT2D eigenvalue weighted by Crippen LogP contribution is -2.44. The second kappa shape index (κ2) is 10.3. The normalized spacial score (nSPS) is 15.1. The third-order valence-electron chi connectivity index (χ3n) is 4.22.